The zero-order valence-electron chi connectivity index (χ0n) is 20.1. The van der Waals surface area contributed by atoms with Gasteiger partial charge in [-0.1, -0.05) is 42.5 Å². The van der Waals surface area contributed by atoms with Crippen molar-refractivity contribution in [3.8, 4) is 11.5 Å². The molecule has 0 saturated carbocycles. The molecule has 3 aromatic rings. The summed E-state index contributed by atoms with van der Waals surface area (Å²) < 4.78 is 38.6. The Bertz CT molecular complexity index is 1230. The maximum absolute atomic E-state index is 13.5. The molecule has 35 heavy (non-hydrogen) atoms. The van der Waals surface area contributed by atoms with Crippen molar-refractivity contribution in [2.45, 2.75) is 17.6 Å². The van der Waals surface area contributed by atoms with Crippen molar-refractivity contribution in [2.75, 3.05) is 37.4 Å². The molecule has 0 heterocycles. The number of ether oxygens (including phenoxy) is 2. The molecule has 3 rings (SSSR count). The second kappa shape index (κ2) is 12.5. The minimum atomic E-state index is -4.00. The average Bonchev–Trinajstić information content (AvgIpc) is 2.88. The van der Waals surface area contributed by atoms with Gasteiger partial charge in [-0.2, -0.15) is 11.8 Å². The molecule has 0 saturated heterocycles. The maximum Gasteiger partial charge on any atom is 0.264 e. The van der Waals surface area contributed by atoms with Crippen LogP contribution in [0.15, 0.2) is 77.7 Å². The molecule has 0 aromatic heterocycles. The van der Waals surface area contributed by atoms with Gasteiger partial charge in [-0.3, -0.25) is 9.10 Å². The van der Waals surface area contributed by atoms with E-state index in [9.17, 15) is 13.2 Å². The van der Waals surface area contributed by atoms with Crippen LogP contribution in [0.25, 0.3) is 0 Å². The lowest BCUT2D eigenvalue weighted by Gasteiger charge is -2.25. The molecule has 0 bridgehead atoms. The minimum absolute atomic E-state index is 0.0939. The van der Waals surface area contributed by atoms with E-state index in [0.717, 1.165) is 10.1 Å². The standard InChI is InChI=1S/C26H30N2O5S2/c1-20-9-7-8-10-21(20)19-34-16-15-27-26(29)18-28(35(30,31)23-11-5-4-6-12-23)22-13-14-24(32-2)25(17-22)33-3/h4-14,17H,15-16,18-19H2,1-3H3,(H,27,29). The van der Waals surface area contributed by atoms with Crippen molar-refractivity contribution in [1.29, 1.82) is 0 Å². The summed E-state index contributed by atoms with van der Waals surface area (Å²) in [6, 6.07) is 21.0. The van der Waals surface area contributed by atoms with Gasteiger partial charge in [0.25, 0.3) is 10.0 Å². The third-order valence-corrected chi connectivity index (χ3v) is 8.16. The van der Waals surface area contributed by atoms with Gasteiger partial charge >= 0.3 is 0 Å². The van der Waals surface area contributed by atoms with Crippen LogP contribution in [0.5, 0.6) is 11.5 Å². The van der Waals surface area contributed by atoms with Crippen LogP contribution in [0.1, 0.15) is 11.1 Å². The molecular formula is C26H30N2O5S2. The lowest BCUT2D eigenvalue weighted by Crippen LogP contribution is -2.41. The first kappa shape index (κ1) is 26.4. The van der Waals surface area contributed by atoms with E-state index in [2.05, 4.69) is 24.4 Å². The second-order valence-corrected chi connectivity index (χ2v) is 10.7. The van der Waals surface area contributed by atoms with Gasteiger partial charge in [-0.15, -0.1) is 0 Å². The Kier molecular flexibility index (Phi) is 9.45. The highest BCUT2D eigenvalue weighted by molar-refractivity contribution is 7.98. The van der Waals surface area contributed by atoms with Gasteiger partial charge in [0.2, 0.25) is 5.91 Å². The van der Waals surface area contributed by atoms with Gasteiger partial charge in [-0.05, 0) is 42.3 Å². The van der Waals surface area contributed by atoms with Crippen molar-refractivity contribution in [1.82, 2.24) is 5.32 Å². The van der Waals surface area contributed by atoms with E-state index < -0.39 is 15.9 Å². The number of amides is 1. The average molecular weight is 515 g/mol. The van der Waals surface area contributed by atoms with Gasteiger partial charge in [0.15, 0.2) is 11.5 Å². The molecule has 9 heteroatoms. The molecule has 0 aliphatic carbocycles. The predicted molar refractivity (Wildman–Crippen MR) is 141 cm³/mol. The number of nitrogens with zero attached hydrogens (tertiary/aromatic N) is 1. The topological polar surface area (TPSA) is 84.9 Å². The third kappa shape index (κ3) is 6.93. The van der Waals surface area contributed by atoms with Crippen LogP contribution in [-0.2, 0) is 20.6 Å². The highest BCUT2D eigenvalue weighted by atomic mass is 32.2. The molecule has 0 spiro atoms. The highest BCUT2D eigenvalue weighted by Crippen LogP contribution is 2.33. The minimum Gasteiger partial charge on any atom is -0.493 e. The monoisotopic (exact) mass is 514 g/mol. The van der Waals surface area contributed by atoms with Gasteiger partial charge in [0.05, 0.1) is 24.8 Å². The SMILES string of the molecule is COc1ccc(N(CC(=O)NCCSCc2ccccc2C)S(=O)(=O)c2ccccc2)cc1OC. The van der Waals surface area contributed by atoms with E-state index in [-0.39, 0.29) is 11.4 Å². The number of carbonyl (C=O) groups is 1. The van der Waals surface area contributed by atoms with Crippen LogP contribution in [-0.4, -0.2) is 47.4 Å². The van der Waals surface area contributed by atoms with E-state index in [0.29, 0.717) is 29.5 Å². The summed E-state index contributed by atoms with van der Waals surface area (Å²) in [6.45, 7) is 2.14. The van der Waals surface area contributed by atoms with Crippen LogP contribution >= 0.6 is 11.8 Å². The van der Waals surface area contributed by atoms with E-state index >= 15 is 0 Å². The largest absolute Gasteiger partial charge is 0.493 e. The normalized spacial score (nSPS) is 11.1. The number of carbonyl (C=O) groups excluding carboxylic acids is 1. The fourth-order valence-electron chi connectivity index (χ4n) is 3.42. The molecule has 0 aliphatic heterocycles. The van der Waals surface area contributed by atoms with E-state index in [1.807, 2.05) is 12.1 Å². The molecule has 1 amide bonds. The van der Waals surface area contributed by atoms with Crippen LogP contribution < -0.4 is 19.1 Å². The van der Waals surface area contributed by atoms with Gasteiger partial charge in [-0.25, -0.2) is 8.42 Å². The Morgan fingerprint density at radius 2 is 1.63 bits per heavy atom. The van der Waals surface area contributed by atoms with Crippen LogP contribution in [0, 0.1) is 6.92 Å². The lowest BCUT2D eigenvalue weighted by molar-refractivity contribution is -0.119. The summed E-state index contributed by atoms with van der Waals surface area (Å²) in [5.74, 6) is 2.00. The maximum atomic E-state index is 13.5. The summed E-state index contributed by atoms with van der Waals surface area (Å²) >= 11 is 1.71. The Morgan fingerprint density at radius 3 is 2.31 bits per heavy atom. The summed E-state index contributed by atoms with van der Waals surface area (Å²) in [5, 5.41) is 2.84. The fraction of sp³-hybridized carbons (Fsp3) is 0.269. The lowest BCUT2D eigenvalue weighted by atomic mass is 10.1. The van der Waals surface area contributed by atoms with E-state index in [4.69, 9.17) is 9.47 Å². The number of aryl methyl sites for hydroxylation is 1. The number of methoxy groups -OCH3 is 2. The van der Waals surface area contributed by atoms with E-state index in [1.54, 1.807) is 48.2 Å². The van der Waals surface area contributed by atoms with Gasteiger partial charge < -0.3 is 14.8 Å². The first-order valence-corrected chi connectivity index (χ1v) is 13.6. The Labute approximate surface area is 211 Å². The molecule has 7 nitrogen and oxygen atoms in total. The second-order valence-electron chi connectivity index (χ2n) is 7.69. The number of nitrogens with one attached hydrogen (secondary N) is 1. The summed E-state index contributed by atoms with van der Waals surface area (Å²) in [7, 11) is -1.03. The van der Waals surface area contributed by atoms with Crippen molar-refractivity contribution >= 4 is 33.4 Å². The molecule has 0 fully saturated rings. The van der Waals surface area contributed by atoms with Crippen LogP contribution in [0.4, 0.5) is 5.69 Å². The number of hydrogen-bond donors (Lipinski definition) is 1. The summed E-state index contributed by atoms with van der Waals surface area (Å²) in [6.07, 6.45) is 0. The number of benzene rings is 3. The number of rotatable bonds is 12. The zero-order valence-corrected chi connectivity index (χ0v) is 21.7. The Hall–Kier alpha value is -3.17. The number of anilines is 1. The van der Waals surface area contributed by atoms with Crippen LogP contribution in [0.2, 0.25) is 0 Å². The van der Waals surface area contributed by atoms with Crippen molar-refractivity contribution in [2.24, 2.45) is 0 Å². The molecule has 0 atom stereocenters. The summed E-state index contributed by atoms with van der Waals surface area (Å²) in [4.78, 5) is 12.9. The number of sulfonamides is 1. The van der Waals surface area contributed by atoms with Gasteiger partial charge in [0.1, 0.15) is 6.54 Å². The zero-order chi connectivity index (χ0) is 25.3. The molecule has 1 N–H and O–H groups in total. The Morgan fingerprint density at radius 1 is 0.943 bits per heavy atom. The van der Waals surface area contributed by atoms with E-state index in [1.165, 1.54) is 37.5 Å². The molecule has 0 aliphatic rings. The van der Waals surface area contributed by atoms with Crippen molar-refractivity contribution in [3.63, 3.8) is 0 Å². The fourth-order valence-corrected chi connectivity index (χ4v) is 5.79. The first-order valence-electron chi connectivity index (χ1n) is 11.1. The number of thioether (sulfide) groups is 1. The quantitative estimate of drug-likeness (QED) is 0.364. The van der Waals surface area contributed by atoms with Crippen molar-refractivity contribution in [3.05, 3.63) is 83.9 Å². The van der Waals surface area contributed by atoms with Crippen LogP contribution in [0.3, 0.4) is 0 Å². The molecular weight excluding hydrogens is 484 g/mol. The molecule has 0 unspecified atom stereocenters. The smallest absolute Gasteiger partial charge is 0.264 e. The van der Waals surface area contributed by atoms with Gasteiger partial charge in [0, 0.05) is 24.1 Å². The highest BCUT2D eigenvalue weighted by Gasteiger charge is 2.28. The molecule has 186 valence electrons. The predicted octanol–water partition coefficient (Wildman–Crippen LogP) is 4.26. The van der Waals surface area contributed by atoms with Crippen molar-refractivity contribution < 1.29 is 22.7 Å². The molecule has 3 aromatic carbocycles. The first-order chi connectivity index (χ1) is 16.9. The molecule has 0 radical (unpaired) electrons. The third-order valence-electron chi connectivity index (χ3n) is 5.36. The number of hydrogen-bond acceptors (Lipinski definition) is 6. The Balaban J connectivity index is 1.71. The summed E-state index contributed by atoms with van der Waals surface area (Å²) in [5.41, 5.74) is 2.80.